The second-order valence-corrected chi connectivity index (χ2v) is 7.82. The van der Waals surface area contributed by atoms with Crippen LogP contribution in [-0.2, 0) is 16.6 Å². The number of ether oxygens (including phenoxy) is 1. The Hall–Kier alpha value is -3.81. The molecule has 2 heterocycles. The lowest BCUT2D eigenvalue weighted by Gasteiger charge is -2.17. The van der Waals surface area contributed by atoms with Crippen molar-refractivity contribution in [3.63, 3.8) is 0 Å². The number of aryl methyl sites for hydroxylation is 1. The van der Waals surface area contributed by atoms with E-state index in [1.54, 1.807) is 42.5 Å². The fourth-order valence-corrected chi connectivity index (χ4v) is 4.02. The Labute approximate surface area is 186 Å². The van der Waals surface area contributed by atoms with Gasteiger partial charge in [0.25, 0.3) is 5.91 Å². The number of nitrogens with zero attached hydrogens (tertiary/aromatic N) is 2. The Morgan fingerprint density at radius 2 is 1.78 bits per heavy atom. The Balaban J connectivity index is 1.27. The highest BCUT2D eigenvalue weighted by Crippen LogP contribution is 2.27. The van der Waals surface area contributed by atoms with Crippen LogP contribution in [0.2, 0.25) is 0 Å². The van der Waals surface area contributed by atoms with Crippen LogP contribution >= 0.6 is 0 Å². The molecular formula is C24H26N4O4. The smallest absolute Gasteiger partial charge is 0.253 e. The molecule has 1 aliphatic rings. The summed E-state index contributed by atoms with van der Waals surface area (Å²) in [5, 5.41) is 6.56. The number of rotatable bonds is 7. The zero-order valence-electron chi connectivity index (χ0n) is 18.1. The average Bonchev–Trinajstić information content (AvgIpc) is 3.37. The predicted octanol–water partition coefficient (Wildman–Crippen LogP) is 2.09. The Bertz CT molecular complexity index is 1150. The lowest BCUT2D eigenvalue weighted by atomic mass is 10.1. The van der Waals surface area contributed by atoms with E-state index >= 15 is 0 Å². The minimum absolute atomic E-state index is 0.0837. The second kappa shape index (κ2) is 9.13. The lowest BCUT2D eigenvalue weighted by Crippen LogP contribution is -2.38. The molecule has 8 heteroatoms. The lowest BCUT2D eigenvalue weighted by molar-refractivity contribution is -0.126. The van der Waals surface area contributed by atoms with Gasteiger partial charge in [-0.1, -0.05) is 18.2 Å². The maximum atomic E-state index is 12.6. The number of methoxy groups -OCH3 is 1. The molecule has 0 saturated carbocycles. The SMILES string of the molecule is COc1ccc(N2C[C@H](C(=O)NCCNC(=O)c3cn(C)c4ccccc34)CC2=O)cc1. The van der Waals surface area contributed by atoms with Crippen molar-refractivity contribution in [2.75, 3.05) is 31.6 Å². The number of para-hydroxylation sites is 1. The number of hydrogen-bond donors (Lipinski definition) is 2. The third kappa shape index (κ3) is 4.30. The standard InChI is InChI=1S/C24H26N4O4/c1-27-15-20(19-5-3-4-6-21(19)27)24(31)26-12-11-25-23(30)16-13-22(29)28(14-16)17-7-9-18(32-2)10-8-17/h3-10,15-16H,11-14H2,1-2H3,(H,25,30)(H,26,31)/t16-/m1/s1. The molecule has 1 aliphatic heterocycles. The monoisotopic (exact) mass is 434 g/mol. The van der Waals surface area contributed by atoms with E-state index in [2.05, 4.69) is 10.6 Å². The van der Waals surface area contributed by atoms with Crippen molar-refractivity contribution in [2.45, 2.75) is 6.42 Å². The molecule has 0 aliphatic carbocycles. The van der Waals surface area contributed by atoms with Gasteiger partial charge in [-0.25, -0.2) is 0 Å². The van der Waals surface area contributed by atoms with E-state index in [9.17, 15) is 14.4 Å². The highest BCUT2D eigenvalue weighted by molar-refractivity contribution is 6.07. The molecular weight excluding hydrogens is 408 g/mol. The van der Waals surface area contributed by atoms with Gasteiger partial charge in [0.15, 0.2) is 0 Å². The fraction of sp³-hybridized carbons (Fsp3) is 0.292. The van der Waals surface area contributed by atoms with Crippen molar-refractivity contribution in [3.8, 4) is 5.75 Å². The van der Waals surface area contributed by atoms with E-state index in [0.717, 1.165) is 16.6 Å². The van der Waals surface area contributed by atoms with Gasteiger partial charge in [-0.15, -0.1) is 0 Å². The van der Waals surface area contributed by atoms with E-state index in [1.165, 1.54) is 0 Å². The van der Waals surface area contributed by atoms with Gasteiger partial charge in [0.2, 0.25) is 11.8 Å². The van der Waals surface area contributed by atoms with Crippen molar-refractivity contribution in [2.24, 2.45) is 13.0 Å². The number of amides is 3. The molecule has 4 rings (SSSR count). The maximum Gasteiger partial charge on any atom is 0.253 e. The zero-order chi connectivity index (χ0) is 22.7. The molecule has 0 bridgehead atoms. The van der Waals surface area contributed by atoms with E-state index in [4.69, 9.17) is 4.74 Å². The van der Waals surface area contributed by atoms with Crippen LogP contribution in [0.5, 0.6) is 5.75 Å². The number of carbonyl (C=O) groups excluding carboxylic acids is 3. The first-order valence-electron chi connectivity index (χ1n) is 10.5. The maximum absolute atomic E-state index is 12.6. The van der Waals surface area contributed by atoms with Crippen LogP contribution in [0.15, 0.2) is 54.7 Å². The van der Waals surface area contributed by atoms with Crippen LogP contribution in [0.4, 0.5) is 5.69 Å². The number of carbonyl (C=O) groups is 3. The van der Waals surface area contributed by atoms with Crippen molar-refractivity contribution >= 4 is 34.3 Å². The number of hydrogen-bond acceptors (Lipinski definition) is 4. The molecule has 8 nitrogen and oxygen atoms in total. The first-order chi connectivity index (χ1) is 15.5. The summed E-state index contributed by atoms with van der Waals surface area (Å²) < 4.78 is 7.06. The highest BCUT2D eigenvalue weighted by Gasteiger charge is 2.34. The normalized spacial score (nSPS) is 15.8. The number of anilines is 1. The molecule has 2 aromatic carbocycles. The first kappa shape index (κ1) is 21.4. The molecule has 1 aromatic heterocycles. The van der Waals surface area contributed by atoms with Crippen LogP contribution in [0.1, 0.15) is 16.8 Å². The first-order valence-corrected chi connectivity index (χ1v) is 10.5. The van der Waals surface area contributed by atoms with Gasteiger partial charge in [0, 0.05) is 55.9 Å². The van der Waals surface area contributed by atoms with E-state index < -0.39 is 5.92 Å². The molecule has 0 radical (unpaired) electrons. The third-order valence-electron chi connectivity index (χ3n) is 5.73. The van der Waals surface area contributed by atoms with Crippen molar-refractivity contribution in [3.05, 3.63) is 60.3 Å². The summed E-state index contributed by atoms with van der Waals surface area (Å²) in [5.74, 6) is -0.162. The van der Waals surface area contributed by atoms with E-state index in [0.29, 0.717) is 30.9 Å². The van der Waals surface area contributed by atoms with Gasteiger partial charge < -0.3 is 24.8 Å². The summed E-state index contributed by atoms with van der Waals surface area (Å²) in [7, 11) is 3.48. The van der Waals surface area contributed by atoms with Crippen molar-refractivity contribution < 1.29 is 19.1 Å². The summed E-state index contributed by atoms with van der Waals surface area (Å²) in [4.78, 5) is 39.1. The number of aromatic nitrogens is 1. The second-order valence-electron chi connectivity index (χ2n) is 7.82. The summed E-state index contributed by atoms with van der Waals surface area (Å²) in [6, 6.07) is 14.9. The van der Waals surface area contributed by atoms with Crippen LogP contribution in [-0.4, -0.2) is 49.0 Å². The summed E-state index contributed by atoms with van der Waals surface area (Å²) in [6.07, 6.45) is 1.97. The predicted molar refractivity (Wildman–Crippen MR) is 122 cm³/mol. The molecule has 1 atom stereocenters. The molecule has 0 spiro atoms. The largest absolute Gasteiger partial charge is 0.497 e. The molecule has 166 valence electrons. The number of nitrogens with one attached hydrogen (secondary N) is 2. The topological polar surface area (TPSA) is 92.7 Å². The summed E-state index contributed by atoms with van der Waals surface area (Å²) in [6.45, 7) is 0.929. The van der Waals surface area contributed by atoms with Crippen LogP contribution in [0.25, 0.3) is 10.9 Å². The minimum atomic E-state index is -0.418. The van der Waals surface area contributed by atoms with Gasteiger partial charge >= 0.3 is 0 Å². The number of benzene rings is 2. The van der Waals surface area contributed by atoms with Crippen LogP contribution < -0.4 is 20.3 Å². The van der Waals surface area contributed by atoms with Crippen molar-refractivity contribution in [1.29, 1.82) is 0 Å². The average molecular weight is 434 g/mol. The van der Waals surface area contributed by atoms with Gasteiger partial charge in [0.05, 0.1) is 18.6 Å². The molecule has 3 amide bonds. The minimum Gasteiger partial charge on any atom is -0.497 e. The number of fused-ring (bicyclic) bond motifs is 1. The molecule has 1 saturated heterocycles. The highest BCUT2D eigenvalue weighted by atomic mass is 16.5. The van der Waals surface area contributed by atoms with Crippen LogP contribution in [0, 0.1) is 5.92 Å². The Morgan fingerprint density at radius 3 is 2.53 bits per heavy atom. The zero-order valence-corrected chi connectivity index (χ0v) is 18.1. The fourth-order valence-electron chi connectivity index (χ4n) is 4.02. The third-order valence-corrected chi connectivity index (χ3v) is 5.73. The molecule has 0 unspecified atom stereocenters. The Kier molecular flexibility index (Phi) is 6.11. The van der Waals surface area contributed by atoms with Gasteiger partial charge in [0.1, 0.15) is 5.75 Å². The van der Waals surface area contributed by atoms with Crippen molar-refractivity contribution in [1.82, 2.24) is 15.2 Å². The van der Waals surface area contributed by atoms with Gasteiger partial charge in [-0.05, 0) is 30.3 Å². The molecule has 1 fully saturated rings. The summed E-state index contributed by atoms with van der Waals surface area (Å²) in [5.41, 5.74) is 2.33. The van der Waals surface area contributed by atoms with E-state index in [1.807, 2.05) is 35.9 Å². The van der Waals surface area contributed by atoms with Gasteiger partial charge in [-0.3, -0.25) is 14.4 Å². The molecule has 32 heavy (non-hydrogen) atoms. The summed E-state index contributed by atoms with van der Waals surface area (Å²) >= 11 is 0. The Morgan fingerprint density at radius 1 is 1.06 bits per heavy atom. The molecule has 2 N–H and O–H groups in total. The van der Waals surface area contributed by atoms with Gasteiger partial charge in [-0.2, -0.15) is 0 Å². The van der Waals surface area contributed by atoms with Crippen LogP contribution in [0.3, 0.4) is 0 Å². The van der Waals surface area contributed by atoms with E-state index in [-0.39, 0.29) is 24.1 Å². The quantitative estimate of drug-likeness (QED) is 0.557. The molecule has 3 aromatic rings.